The van der Waals surface area contributed by atoms with Gasteiger partial charge in [0, 0.05) is 11.8 Å². The van der Waals surface area contributed by atoms with Gasteiger partial charge in [0.15, 0.2) is 0 Å². The number of nitrogens with one attached hydrogen (secondary N) is 1. The van der Waals surface area contributed by atoms with E-state index in [4.69, 9.17) is 4.74 Å². The van der Waals surface area contributed by atoms with Crippen LogP contribution in [0.2, 0.25) is 0 Å². The van der Waals surface area contributed by atoms with E-state index in [9.17, 15) is 4.79 Å². The van der Waals surface area contributed by atoms with Gasteiger partial charge in [0.05, 0.1) is 0 Å². The van der Waals surface area contributed by atoms with Gasteiger partial charge < -0.3 is 4.74 Å². The molecule has 6 heteroatoms. The lowest BCUT2D eigenvalue weighted by atomic mass is 10.1. The summed E-state index contributed by atoms with van der Waals surface area (Å²) in [7, 11) is 0. The third-order valence-corrected chi connectivity index (χ3v) is 2.36. The number of aromatic nitrogens is 3. The van der Waals surface area contributed by atoms with Gasteiger partial charge in [-0.1, -0.05) is 0 Å². The third kappa shape index (κ3) is 1.80. The summed E-state index contributed by atoms with van der Waals surface area (Å²) in [5.74, 6) is 1.20. The molecule has 3 rings (SSSR count). The summed E-state index contributed by atoms with van der Waals surface area (Å²) in [6, 6.07) is 5.43. The lowest BCUT2D eigenvalue weighted by molar-refractivity contribution is 0.377. The van der Waals surface area contributed by atoms with Gasteiger partial charge in [0.2, 0.25) is 0 Å². The van der Waals surface area contributed by atoms with Gasteiger partial charge >= 0.3 is 5.69 Å². The second-order valence-electron chi connectivity index (χ2n) is 3.46. The molecule has 2 aromatic rings. The zero-order valence-corrected chi connectivity index (χ0v) is 8.75. The molecule has 0 bridgehead atoms. The van der Waals surface area contributed by atoms with Crippen LogP contribution >= 0.6 is 0 Å². The first kappa shape index (κ1) is 9.71. The molecule has 0 aliphatic carbocycles. The van der Waals surface area contributed by atoms with Gasteiger partial charge in [-0.15, -0.1) is 0 Å². The summed E-state index contributed by atoms with van der Waals surface area (Å²) >= 11 is 0. The van der Waals surface area contributed by atoms with Crippen molar-refractivity contribution in [3.05, 3.63) is 35.0 Å². The first-order chi connectivity index (χ1) is 8.33. The lowest BCUT2D eigenvalue weighted by Gasteiger charge is -2.12. The van der Waals surface area contributed by atoms with Crippen LogP contribution in [0.1, 0.15) is 0 Å². The fourth-order valence-corrected chi connectivity index (χ4v) is 1.60. The normalized spacial score (nSPS) is 12.9. The van der Waals surface area contributed by atoms with Gasteiger partial charge in [-0.05, 0) is 18.2 Å². The van der Waals surface area contributed by atoms with Crippen molar-refractivity contribution in [2.75, 3.05) is 6.61 Å². The molecule has 1 aromatic carbocycles. The lowest BCUT2D eigenvalue weighted by Crippen LogP contribution is -2.11. The molecule has 0 fully saturated rings. The SMILES string of the molecule is O=c1ncnc(-c2ccc3c(c2)N=CCO3)[nH]1. The van der Waals surface area contributed by atoms with Crippen LogP contribution in [0, 0.1) is 0 Å². The van der Waals surface area contributed by atoms with Crippen molar-refractivity contribution >= 4 is 11.9 Å². The first-order valence-electron chi connectivity index (χ1n) is 5.04. The highest BCUT2D eigenvalue weighted by Crippen LogP contribution is 2.32. The molecule has 0 amide bonds. The minimum absolute atomic E-state index is 0.424. The van der Waals surface area contributed by atoms with Gasteiger partial charge in [0.25, 0.3) is 0 Å². The maximum Gasteiger partial charge on any atom is 0.348 e. The number of ether oxygens (including phenoxy) is 1. The van der Waals surface area contributed by atoms with Crippen LogP contribution < -0.4 is 10.4 Å². The number of fused-ring (bicyclic) bond motifs is 1. The third-order valence-electron chi connectivity index (χ3n) is 2.36. The molecule has 1 N–H and O–H groups in total. The topological polar surface area (TPSA) is 80.2 Å². The molecule has 0 radical (unpaired) electrons. The van der Waals surface area contributed by atoms with E-state index in [1.165, 1.54) is 6.33 Å². The Hall–Kier alpha value is -2.50. The number of H-pyrrole nitrogens is 1. The monoisotopic (exact) mass is 228 g/mol. The van der Waals surface area contributed by atoms with Gasteiger partial charge in [-0.2, -0.15) is 4.98 Å². The number of hydrogen-bond acceptors (Lipinski definition) is 5. The highest BCUT2D eigenvalue weighted by Gasteiger charge is 2.09. The largest absolute Gasteiger partial charge is 0.486 e. The molecule has 1 aliphatic heterocycles. The second kappa shape index (κ2) is 3.82. The Morgan fingerprint density at radius 3 is 3.12 bits per heavy atom. The minimum Gasteiger partial charge on any atom is -0.486 e. The summed E-state index contributed by atoms with van der Waals surface area (Å²) in [4.78, 5) is 25.3. The molecule has 0 spiro atoms. The Morgan fingerprint density at radius 2 is 2.24 bits per heavy atom. The molecule has 6 nitrogen and oxygen atoms in total. The molecule has 17 heavy (non-hydrogen) atoms. The minimum atomic E-state index is -0.424. The van der Waals surface area contributed by atoms with E-state index < -0.39 is 5.69 Å². The van der Waals surface area contributed by atoms with Crippen molar-refractivity contribution in [1.82, 2.24) is 15.0 Å². The van der Waals surface area contributed by atoms with E-state index >= 15 is 0 Å². The Morgan fingerprint density at radius 1 is 1.29 bits per heavy atom. The van der Waals surface area contributed by atoms with Crippen molar-refractivity contribution in [2.45, 2.75) is 0 Å². The fourth-order valence-electron chi connectivity index (χ4n) is 1.60. The summed E-state index contributed by atoms with van der Waals surface area (Å²) in [5.41, 5.74) is 1.08. The van der Waals surface area contributed by atoms with E-state index in [1.54, 1.807) is 6.21 Å². The predicted octanol–water partition coefficient (Wildman–Crippen LogP) is 0.927. The van der Waals surface area contributed by atoms with Crippen LogP contribution in [0.4, 0.5) is 5.69 Å². The Kier molecular flexibility index (Phi) is 2.18. The molecule has 84 valence electrons. The maximum atomic E-state index is 11.1. The number of nitrogens with zero attached hydrogens (tertiary/aromatic N) is 3. The average Bonchev–Trinajstić information content (AvgIpc) is 2.38. The van der Waals surface area contributed by atoms with Crippen LogP contribution in [0.3, 0.4) is 0 Å². The van der Waals surface area contributed by atoms with Crippen LogP contribution in [0.5, 0.6) is 5.75 Å². The smallest absolute Gasteiger partial charge is 0.348 e. The van der Waals surface area contributed by atoms with Crippen molar-refractivity contribution in [3.63, 3.8) is 0 Å². The summed E-state index contributed by atoms with van der Waals surface area (Å²) in [6.45, 7) is 0.483. The van der Waals surface area contributed by atoms with Crippen LogP contribution in [-0.2, 0) is 0 Å². The first-order valence-corrected chi connectivity index (χ1v) is 5.04. The molecule has 0 saturated carbocycles. The van der Waals surface area contributed by atoms with Crippen LogP contribution in [0.15, 0.2) is 34.3 Å². The predicted molar refractivity (Wildman–Crippen MR) is 61.7 cm³/mol. The molecular weight excluding hydrogens is 220 g/mol. The number of aromatic amines is 1. The Bertz CT molecular complexity index is 648. The van der Waals surface area contributed by atoms with Crippen LogP contribution in [-0.4, -0.2) is 27.8 Å². The number of hydrogen-bond donors (Lipinski definition) is 1. The Balaban J connectivity index is 2.11. The molecule has 2 heterocycles. The maximum absolute atomic E-state index is 11.1. The van der Waals surface area contributed by atoms with Crippen molar-refractivity contribution in [3.8, 4) is 17.1 Å². The standard InChI is InChI=1S/C11H8N4O2/c16-11-14-6-13-10(15-11)7-1-2-9-8(5-7)12-3-4-17-9/h1-3,5-6H,4H2,(H,13,14,15,16). The molecular formula is C11H8N4O2. The second-order valence-corrected chi connectivity index (χ2v) is 3.46. The fraction of sp³-hybridized carbons (Fsp3) is 0.0909. The summed E-state index contributed by atoms with van der Waals surface area (Å²) in [6.07, 6.45) is 2.92. The molecule has 0 atom stereocenters. The quantitative estimate of drug-likeness (QED) is 0.787. The van der Waals surface area contributed by atoms with Gasteiger partial charge in [-0.3, -0.25) is 9.98 Å². The van der Waals surface area contributed by atoms with E-state index in [1.807, 2.05) is 18.2 Å². The Labute approximate surface area is 96.0 Å². The molecule has 1 aliphatic rings. The molecule has 0 saturated heterocycles. The van der Waals surface area contributed by atoms with Crippen molar-refractivity contribution in [1.29, 1.82) is 0 Å². The zero-order valence-electron chi connectivity index (χ0n) is 8.75. The highest BCUT2D eigenvalue weighted by atomic mass is 16.5. The van der Waals surface area contributed by atoms with Crippen molar-refractivity contribution < 1.29 is 4.74 Å². The summed E-state index contributed by atoms with van der Waals surface area (Å²) < 4.78 is 5.38. The van der Waals surface area contributed by atoms with Gasteiger partial charge in [-0.25, -0.2) is 9.78 Å². The van der Waals surface area contributed by atoms with Crippen molar-refractivity contribution in [2.24, 2.45) is 4.99 Å². The molecule has 0 unspecified atom stereocenters. The number of aliphatic imine (C=N–C) groups is 1. The van der Waals surface area contributed by atoms with E-state index in [2.05, 4.69) is 19.9 Å². The van der Waals surface area contributed by atoms with Gasteiger partial charge in [0.1, 0.15) is 30.2 Å². The van der Waals surface area contributed by atoms with E-state index in [0.29, 0.717) is 12.4 Å². The zero-order chi connectivity index (χ0) is 11.7. The summed E-state index contributed by atoms with van der Waals surface area (Å²) in [5, 5.41) is 0. The number of rotatable bonds is 1. The van der Waals surface area contributed by atoms with E-state index in [0.717, 1.165) is 17.0 Å². The number of benzene rings is 1. The average molecular weight is 228 g/mol. The highest BCUT2D eigenvalue weighted by molar-refractivity contribution is 5.74. The van der Waals surface area contributed by atoms with Crippen LogP contribution in [0.25, 0.3) is 11.4 Å². The molecule has 1 aromatic heterocycles. The van der Waals surface area contributed by atoms with E-state index in [-0.39, 0.29) is 0 Å².